The topological polar surface area (TPSA) is 80.5 Å². The highest BCUT2D eigenvalue weighted by Crippen LogP contribution is 2.22. The number of pyridine rings is 2. The van der Waals surface area contributed by atoms with Crippen molar-refractivity contribution in [3.8, 4) is 5.75 Å². The number of nitrogens with zero attached hydrogens (tertiary/aromatic N) is 3. The van der Waals surface area contributed by atoms with E-state index in [0.717, 1.165) is 16.9 Å². The van der Waals surface area contributed by atoms with Gasteiger partial charge in [-0.25, -0.2) is 9.78 Å². The number of methoxy groups -OCH3 is 1. The van der Waals surface area contributed by atoms with Crippen LogP contribution in [0.4, 0.5) is 4.79 Å². The maximum atomic E-state index is 12.1. The van der Waals surface area contributed by atoms with Gasteiger partial charge in [-0.3, -0.25) is 4.98 Å². The molecule has 0 saturated carbocycles. The van der Waals surface area contributed by atoms with E-state index in [1.165, 1.54) is 0 Å². The summed E-state index contributed by atoms with van der Waals surface area (Å²) in [4.78, 5) is 20.6. The van der Waals surface area contributed by atoms with Gasteiger partial charge in [-0.2, -0.15) is 0 Å². The van der Waals surface area contributed by atoms with Gasteiger partial charge in [0.2, 0.25) is 0 Å². The zero-order chi connectivity index (χ0) is 17.6. The zero-order valence-electron chi connectivity index (χ0n) is 14.3. The van der Waals surface area contributed by atoms with Gasteiger partial charge in [0.05, 0.1) is 25.0 Å². The standard InChI is InChI=1S/C18H21N5O2/c1-13(15-7-8-19-11-16(15)25-2)21-18(24)20-9-6-14-12-23-10-4-3-5-17(23)22-14/h3-5,7-8,10-13H,6,9H2,1-2H3,(H2,20,21,24). The van der Waals surface area contributed by atoms with Crippen LogP contribution in [0.2, 0.25) is 0 Å². The Kier molecular flexibility index (Phi) is 5.13. The fourth-order valence-corrected chi connectivity index (χ4v) is 2.66. The van der Waals surface area contributed by atoms with Crippen LogP contribution in [0.5, 0.6) is 5.75 Å². The van der Waals surface area contributed by atoms with Gasteiger partial charge < -0.3 is 19.8 Å². The van der Waals surface area contributed by atoms with Crippen LogP contribution in [0, 0.1) is 0 Å². The summed E-state index contributed by atoms with van der Waals surface area (Å²) in [6.07, 6.45) is 7.91. The van der Waals surface area contributed by atoms with E-state index in [2.05, 4.69) is 20.6 Å². The van der Waals surface area contributed by atoms with Crippen molar-refractivity contribution in [1.82, 2.24) is 25.0 Å². The second-order valence-corrected chi connectivity index (χ2v) is 5.69. The molecule has 0 aliphatic rings. The first-order valence-electron chi connectivity index (χ1n) is 8.12. The number of nitrogens with one attached hydrogen (secondary N) is 2. The molecule has 0 saturated heterocycles. The maximum Gasteiger partial charge on any atom is 0.315 e. The highest BCUT2D eigenvalue weighted by atomic mass is 16.5. The largest absolute Gasteiger partial charge is 0.495 e. The predicted octanol–water partition coefficient (Wildman–Crippen LogP) is 2.34. The monoisotopic (exact) mass is 339 g/mol. The Labute approximate surface area is 146 Å². The van der Waals surface area contributed by atoms with Crippen molar-refractivity contribution in [2.45, 2.75) is 19.4 Å². The molecule has 3 rings (SSSR count). The zero-order valence-corrected chi connectivity index (χ0v) is 14.3. The highest BCUT2D eigenvalue weighted by Gasteiger charge is 2.13. The molecule has 25 heavy (non-hydrogen) atoms. The van der Waals surface area contributed by atoms with Crippen molar-refractivity contribution < 1.29 is 9.53 Å². The van der Waals surface area contributed by atoms with Gasteiger partial charge in [0.1, 0.15) is 11.4 Å². The average molecular weight is 339 g/mol. The van der Waals surface area contributed by atoms with E-state index < -0.39 is 0 Å². The molecule has 3 aromatic heterocycles. The molecule has 7 heteroatoms. The Morgan fingerprint density at radius 2 is 2.24 bits per heavy atom. The van der Waals surface area contributed by atoms with Crippen LogP contribution in [0.15, 0.2) is 49.1 Å². The summed E-state index contributed by atoms with van der Waals surface area (Å²) in [6.45, 7) is 2.41. The van der Waals surface area contributed by atoms with Crippen LogP contribution in [-0.4, -0.2) is 34.1 Å². The quantitative estimate of drug-likeness (QED) is 0.722. The van der Waals surface area contributed by atoms with Crippen molar-refractivity contribution in [2.75, 3.05) is 13.7 Å². The minimum Gasteiger partial charge on any atom is -0.495 e. The third kappa shape index (κ3) is 4.06. The summed E-state index contributed by atoms with van der Waals surface area (Å²) < 4.78 is 7.24. The van der Waals surface area contributed by atoms with Crippen LogP contribution >= 0.6 is 0 Å². The summed E-state index contributed by atoms with van der Waals surface area (Å²) in [5.74, 6) is 0.653. The number of imidazole rings is 1. The first-order chi connectivity index (χ1) is 12.2. The first-order valence-corrected chi connectivity index (χ1v) is 8.12. The third-order valence-electron chi connectivity index (χ3n) is 3.93. The van der Waals surface area contributed by atoms with Crippen LogP contribution in [0.1, 0.15) is 24.2 Å². The molecule has 0 bridgehead atoms. The molecule has 3 heterocycles. The minimum atomic E-state index is -0.227. The molecular formula is C18H21N5O2. The summed E-state index contributed by atoms with van der Waals surface area (Å²) in [5.41, 5.74) is 2.73. The van der Waals surface area contributed by atoms with E-state index in [1.54, 1.807) is 19.5 Å². The van der Waals surface area contributed by atoms with E-state index >= 15 is 0 Å². The lowest BCUT2D eigenvalue weighted by Crippen LogP contribution is -2.38. The molecule has 0 spiro atoms. The predicted molar refractivity (Wildman–Crippen MR) is 94.6 cm³/mol. The molecule has 3 aromatic rings. The summed E-state index contributed by atoms with van der Waals surface area (Å²) in [7, 11) is 1.59. The van der Waals surface area contributed by atoms with Gasteiger partial charge >= 0.3 is 6.03 Å². The highest BCUT2D eigenvalue weighted by molar-refractivity contribution is 5.74. The number of amides is 2. The number of rotatable bonds is 6. The summed E-state index contributed by atoms with van der Waals surface area (Å²) >= 11 is 0. The second-order valence-electron chi connectivity index (χ2n) is 5.69. The van der Waals surface area contributed by atoms with E-state index in [-0.39, 0.29) is 12.1 Å². The number of ether oxygens (including phenoxy) is 1. The number of carbonyl (C=O) groups is 1. The van der Waals surface area contributed by atoms with Crippen molar-refractivity contribution in [1.29, 1.82) is 0 Å². The van der Waals surface area contributed by atoms with Gasteiger partial charge in [0, 0.05) is 37.1 Å². The molecule has 0 radical (unpaired) electrons. The lowest BCUT2D eigenvalue weighted by Gasteiger charge is -2.17. The Morgan fingerprint density at radius 1 is 1.36 bits per heavy atom. The fraction of sp³-hybridized carbons (Fsp3) is 0.278. The van der Waals surface area contributed by atoms with Crippen LogP contribution in [0.25, 0.3) is 5.65 Å². The number of hydrogen-bond donors (Lipinski definition) is 2. The molecule has 7 nitrogen and oxygen atoms in total. The third-order valence-corrected chi connectivity index (χ3v) is 3.93. The van der Waals surface area contributed by atoms with Gasteiger partial charge in [-0.1, -0.05) is 6.07 Å². The molecule has 0 fully saturated rings. The van der Waals surface area contributed by atoms with Gasteiger partial charge in [-0.05, 0) is 25.1 Å². The normalized spacial score (nSPS) is 11.9. The number of aromatic nitrogens is 3. The van der Waals surface area contributed by atoms with Gasteiger partial charge in [0.25, 0.3) is 0 Å². The number of carbonyl (C=O) groups excluding carboxylic acids is 1. The minimum absolute atomic E-state index is 0.187. The molecule has 2 amide bonds. The van der Waals surface area contributed by atoms with Crippen LogP contribution in [0.3, 0.4) is 0 Å². The molecule has 0 aromatic carbocycles. The maximum absolute atomic E-state index is 12.1. The Hall–Kier alpha value is -3.09. The van der Waals surface area contributed by atoms with Gasteiger partial charge in [0.15, 0.2) is 0 Å². The van der Waals surface area contributed by atoms with Crippen molar-refractivity contribution in [3.63, 3.8) is 0 Å². The molecule has 2 N–H and O–H groups in total. The lowest BCUT2D eigenvalue weighted by molar-refractivity contribution is 0.238. The van der Waals surface area contributed by atoms with Crippen molar-refractivity contribution in [2.24, 2.45) is 0 Å². The second kappa shape index (κ2) is 7.65. The Balaban J connectivity index is 1.50. The molecular weight excluding hydrogens is 318 g/mol. The van der Waals surface area contributed by atoms with E-state index in [0.29, 0.717) is 18.7 Å². The summed E-state index contributed by atoms with van der Waals surface area (Å²) in [5, 5.41) is 5.76. The Bertz CT molecular complexity index is 828. The number of fused-ring (bicyclic) bond motifs is 1. The lowest BCUT2D eigenvalue weighted by atomic mass is 10.1. The molecule has 130 valence electrons. The van der Waals surface area contributed by atoms with Crippen LogP contribution in [-0.2, 0) is 6.42 Å². The smallest absolute Gasteiger partial charge is 0.315 e. The molecule has 0 aliphatic carbocycles. The van der Waals surface area contributed by atoms with Gasteiger partial charge in [-0.15, -0.1) is 0 Å². The van der Waals surface area contributed by atoms with Crippen LogP contribution < -0.4 is 15.4 Å². The summed E-state index contributed by atoms with van der Waals surface area (Å²) in [6, 6.07) is 7.28. The van der Waals surface area contributed by atoms with Crippen molar-refractivity contribution in [3.05, 3.63) is 60.3 Å². The fourth-order valence-electron chi connectivity index (χ4n) is 2.66. The van der Waals surface area contributed by atoms with E-state index in [1.807, 2.05) is 48.0 Å². The van der Waals surface area contributed by atoms with E-state index in [9.17, 15) is 4.79 Å². The molecule has 1 unspecified atom stereocenters. The number of hydrogen-bond acceptors (Lipinski definition) is 4. The SMILES string of the molecule is COc1cnccc1C(C)NC(=O)NCCc1cn2ccccc2n1. The molecule has 0 aliphatic heterocycles. The van der Waals surface area contributed by atoms with Crippen molar-refractivity contribution >= 4 is 11.7 Å². The molecule has 1 atom stereocenters. The first kappa shape index (κ1) is 16.8. The number of urea groups is 1. The Morgan fingerprint density at radius 3 is 3.04 bits per heavy atom. The average Bonchev–Trinajstić information content (AvgIpc) is 3.04. The van der Waals surface area contributed by atoms with E-state index in [4.69, 9.17) is 4.74 Å².